The average Bonchev–Trinajstić information content (AvgIpc) is 2.60. The van der Waals surface area contributed by atoms with Gasteiger partial charge in [-0.05, 0) is 49.5 Å². The molecule has 0 amide bonds. The van der Waals surface area contributed by atoms with E-state index in [1.165, 1.54) is 43.8 Å². The molecule has 3 heteroatoms. The maximum absolute atomic E-state index is 11.3. The molecular weight excluding hydrogens is 286 g/mol. The fraction of sp³-hybridized carbons (Fsp3) is 0.450. The van der Waals surface area contributed by atoms with Crippen molar-refractivity contribution >= 4 is 17.7 Å². The Kier molecular flexibility index (Phi) is 6.92. The second-order valence-electron chi connectivity index (χ2n) is 6.05. The molecule has 0 aliphatic heterocycles. The van der Waals surface area contributed by atoms with Crippen molar-refractivity contribution in [1.29, 1.82) is 0 Å². The third-order valence-corrected chi connectivity index (χ3v) is 4.31. The van der Waals surface area contributed by atoms with Gasteiger partial charge in [0.15, 0.2) is 0 Å². The fourth-order valence-corrected chi connectivity index (χ4v) is 2.94. The third-order valence-electron chi connectivity index (χ3n) is 4.31. The number of ether oxygens (including phenoxy) is 1. The Balaban J connectivity index is 1.80. The number of nitrogens with one attached hydrogen (secondary N) is 1. The van der Waals surface area contributed by atoms with Gasteiger partial charge >= 0.3 is 5.97 Å². The topological polar surface area (TPSA) is 38.3 Å². The van der Waals surface area contributed by atoms with Gasteiger partial charge in [-0.3, -0.25) is 0 Å². The summed E-state index contributed by atoms with van der Waals surface area (Å²) in [4.78, 5) is 11.3. The van der Waals surface area contributed by atoms with Gasteiger partial charge in [0.2, 0.25) is 0 Å². The molecule has 1 aromatic carbocycles. The zero-order valence-electron chi connectivity index (χ0n) is 14.0. The van der Waals surface area contributed by atoms with E-state index in [-0.39, 0.29) is 5.97 Å². The molecule has 124 valence electrons. The SMILES string of the molecule is C=C(CNc1ccc(C=CC(=O)OCC)cc1)C1CCCCC1. The van der Waals surface area contributed by atoms with Gasteiger partial charge in [-0.15, -0.1) is 0 Å². The molecule has 1 aliphatic carbocycles. The van der Waals surface area contributed by atoms with Gasteiger partial charge in [-0.2, -0.15) is 0 Å². The lowest BCUT2D eigenvalue weighted by Crippen LogP contribution is -2.15. The highest BCUT2D eigenvalue weighted by molar-refractivity contribution is 5.87. The van der Waals surface area contributed by atoms with E-state index in [1.54, 1.807) is 13.0 Å². The molecular formula is C20H27NO2. The Morgan fingerprint density at radius 3 is 2.61 bits per heavy atom. The molecule has 3 nitrogen and oxygen atoms in total. The van der Waals surface area contributed by atoms with Gasteiger partial charge in [-0.25, -0.2) is 4.79 Å². The number of carbonyl (C=O) groups is 1. The van der Waals surface area contributed by atoms with E-state index in [2.05, 4.69) is 11.9 Å². The zero-order valence-corrected chi connectivity index (χ0v) is 14.0. The van der Waals surface area contributed by atoms with Crippen molar-refractivity contribution < 1.29 is 9.53 Å². The van der Waals surface area contributed by atoms with E-state index < -0.39 is 0 Å². The Morgan fingerprint density at radius 2 is 1.96 bits per heavy atom. The summed E-state index contributed by atoms with van der Waals surface area (Å²) in [5, 5.41) is 3.44. The van der Waals surface area contributed by atoms with Gasteiger partial charge in [0, 0.05) is 18.3 Å². The molecule has 23 heavy (non-hydrogen) atoms. The lowest BCUT2D eigenvalue weighted by atomic mass is 9.84. The summed E-state index contributed by atoms with van der Waals surface area (Å²) < 4.78 is 4.86. The maximum Gasteiger partial charge on any atom is 0.330 e. The van der Waals surface area contributed by atoms with Crippen molar-refractivity contribution in [3.8, 4) is 0 Å². The Morgan fingerprint density at radius 1 is 1.26 bits per heavy atom. The molecule has 0 unspecified atom stereocenters. The molecule has 1 saturated carbocycles. The first-order valence-corrected chi connectivity index (χ1v) is 8.55. The second kappa shape index (κ2) is 9.19. The molecule has 0 atom stereocenters. The number of rotatable bonds is 7. The Hall–Kier alpha value is -2.03. The number of esters is 1. The van der Waals surface area contributed by atoms with Crippen LogP contribution in [0.1, 0.15) is 44.6 Å². The van der Waals surface area contributed by atoms with Gasteiger partial charge < -0.3 is 10.1 Å². The highest BCUT2D eigenvalue weighted by Gasteiger charge is 2.15. The van der Waals surface area contributed by atoms with Crippen LogP contribution in [0.25, 0.3) is 6.08 Å². The van der Waals surface area contributed by atoms with E-state index in [0.717, 1.165) is 17.8 Å². The number of anilines is 1. The van der Waals surface area contributed by atoms with Crippen LogP contribution in [0.5, 0.6) is 0 Å². The molecule has 0 spiro atoms. The van der Waals surface area contributed by atoms with Crippen LogP contribution in [-0.4, -0.2) is 19.1 Å². The first-order valence-electron chi connectivity index (χ1n) is 8.55. The third kappa shape index (κ3) is 5.93. The number of hydrogen-bond donors (Lipinski definition) is 1. The maximum atomic E-state index is 11.3. The summed E-state index contributed by atoms with van der Waals surface area (Å²) in [6.07, 6.45) is 9.85. The van der Waals surface area contributed by atoms with E-state index >= 15 is 0 Å². The van der Waals surface area contributed by atoms with E-state index in [9.17, 15) is 4.79 Å². The Bertz CT molecular complexity index is 539. The minimum absolute atomic E-state index is 0.307. The van der Waals surface area contributed by atoms with Gasteiger partial charge in [-0.1, -0.05) is 43.5 Å². The average molecular weight is 313 g/mol. The minimum Gasteiger partial charge on any atom is -0.463 e. The van der Waals surface area contributed by atoms with Crippen LogP contribution in [0.4, 0.5) is 5.69 Å². The summed E-state index contributed by atoms with van der Waals surface area (Å²) in [5.74, 6) is 0.376. The van der Waals surface area contributed by atoms with Crippen LogP contribution in [-0.2, 0) is 9.53 Å². The van der Waals surface area contributed by atoms with Crippen LogP contribution in [0.3, 0.4) is 0 Å². The molecule has 2 rings (SSSR count). The summed E-state index contributed by atoms with van der Waals surface area (Å²) in [6, 6.07) is 8.03. The molecule has 1 N–H and O–H groups in total. The lowest BCUT2D eigenvalue weighted by molar-refractivity contribution is -0.137. The second-order valence-corrected chi connectivity index (χ2v) is 6.05. The zero-order chi connectivity index (χ0) is 16.5. The molecule has 0 bridgehead atoms. The van der Waals surface area contributed by atoms with Gasteiger partial charge in [0.1, 0.15) is 0 Å². The molecule has 0 heterocycles. The monoisotopic (exact) mass is 313 g/mol. The van der Waals surface area contributed by atoms with Crippen LogP contribution >= 0.6 is 0 Å². The van der Waals surface area contributed by atoms with Crippen molar-refractivity contribution in [2.24, 2.45) is 5.92 Å². The van der Waals surface area contributed by atoms with Crippen molar-refractivity contribution in [3.05, 3.63) is 48.1 Å². The van der Waals surface area contributed by atoms with Crippen LogP contribution in [0.2, 0.25) is 0 Å². The summed E-state index contributed by atoms with van der Waals surface area (Å²) in [5.41, 5.74) is 3.38. The Labute approximate surface area is 139 Å². The number of hydrogen-bond acceptors (Lipinski definition) is 3. The van der Waals surface area contributed by atoms with Gasteiger partial charge in [0.25, 0.3) is 0 Å². The van der Waals surface area contributed by atoms with Crippen LogP contribution < -0.4 is 5.32 Å². The van der Waals surface area contributed by atoms with E-state index in [0.29, 0.717) is 12.5 Å². The van der Waals surface area contributed by atoms with Crippen molar-refractivity contribution in [1.82, 2.24) is 0 Å². The summed E-state index contributed by atoms with van der Waals surface area (Å²) in [7, 11) is 0. The standard InChI is InChI=1S/C20H27NO2/c1-3-23-20(22)14-11-17-9-12-19(13-10-17)21-15-16(2)18-7-5-4-6-8-18/h9-14,18,21H,2-8,15H2,1H3. The van der Waals surface area contributed by atoms with Crippen molar-refractivity contribution in [3.63, 3.8) is 0 Å². The first kappa shape index (κ1) is 17.3. The highest BCUT2D eigenvalue weighted by atomic mass is 16.5. The molecule has 0 radical (unpaired) electrons. The minimum atomic E-state index is -0.307. The molecule has 1 aromatic rings. The lowest BCUT2D eigenvalue weighted by Gasteiger charge is -2.24. The van der Waals surface area contributed by atoms with E-state index in [1.807, 2.05) is 24.3 Å². The first-order chi connectivity index (χ1) is 11.2. The molecule has 1 aliphatic rings. The highest BCUT2D eigenvalue weighted by Crippen LogP contribution is 2.28. The quantitative estimate of drug-likeness (QED) is 0.446. The van der Waals surface area contributed by atoms with Crippen LogP contribution in [0.15, 0.2) is 42.5 Å². The molecule has 0 saturated heterocycles. The van der Waals surface area contributed by atoms with Gasteiger partial charge in [0.05, 0.1) is 6.61 Å². The van der Waals surface area contributed by atoms with E-state index in [4.69, 9.17) is 4.74 Å². The largest absolute Gasteiger partial charge is 0.463 e. The predicted octanol–water partition coefficient (Wildman–Crippen LogP) is 4.81. The fourth-order valence-electron chi connectivity index (χ4n) is 2.94. The molecule has 1 fully saturated rings. The predicted molar refractivity (Wildman–Crippen MR) is 96.3 cm³/mol. The normalized spacial score (nSPS) is 15.5. The van der Waals surface area contributed by atoms with Crippen molar-refractivity contribution in [2.75, 3.05) is 18.5 Å². The van der Waals surface area contributed by atoms with Crippen molar-refractivity contribution in [2.45, 2.75) is 39.0 Å². The summed E-state index contributed by atoms with van der Waals surface area (Å²) in [6.45, 7) is 7.29. The molecule has 0 aromatic heterocycles. The summed E-state index contributed by atoms with van der Waals surface area (Å²) >= 11 is 0. The number of benzene rings is 1. The van der Waals surface area contributed by atoms with Crippen LogP contribution in [0, 0.1) is 5.92 Å². The smallest absolute Gasteiger partial charge is 0.330 e. The number of carbonyl (C=O) groups excluding carboxylic acids is 1.